The van der Waals surface area contributed by atoms with Crippen molar-refractivity contribution in [3.8, 4) is 11.5 Å². The molecule has 158 valence electrons. The molecule has 0 unspecified atom stereocenters. The highest BCUT2D eigenvalue weighted by Gasteiger charge is 2.28. The Balaban J connectivity index is 1.58. The molecule has 1 fully saturated rings. The van der Waals surface area contributed by atoms with Gasteiger partial charge in [-0.25, -0.2) is 4.79 Å². The van der Waals surface area contributed by atoms with E-state index in [4.69, 9.17) is 9.47 Å². The van der Waals surface area contributed by atoms with E-state index in [-0.39, 0.29) is 49.3 Å². The van der Waals surface area contributed by atoms with E-state index in [1.165, 1.54) is 30.2 Å². The zero-order chi connectivity index (χ0) is 21.7. The summed E-state index contributed by atoms with van der Waals surface area (Å²) in [4.78, 5) is 36.8. The molecule has 0 saturated carbocycles. The Morgan fingerprint density at radius 1 is 1.00 bits per heavy atom. The SMILES string of the molecule is COc1cc(COC(=O)c2ccc(CN3C(=O)CCC3=O)cc2)ccc1OC(F)F. The number of imide groups is 1. The molecule has 2 aromatic carbocycles. The van der Waals surface area contributed by atoms with Gasteiger partial charge in [-0.2, -0.15) is 8.78 Å². The summed E-state index contributed by atoms with van der Waals surface area (Å²) in [5.41, 5.74) is 1.54. The molecule has 0 aromatic heterocycles. The lowest BCUT2D eigenvalue weighted by molar-refractivity contribution is -0.139. The van der Waals surface area contributed by atoms with E-state index in [2.05, 4.69) is 4.74 Å². The van der Waals surface area contributed by atoms with Gasteiger partial charge in [0.05, 0.1) is 19.2 Å². The first kappa shape index (κ1) is 21.2. The molecular weight excluding hydrogens is 400 g/mol. The Labute approximate surface area is 171 Å². The monoisotopic (exact) mass is 419 g/mol. The second-order valence-corrected chi connectivity index (χ2v) is 6.51. The predicted octanol–water partition coefficient (Wildman–Crippen LogP) is 3.30. The van der Waals surface area contributed by atoms with Crippen molar-refractivity contribution in [3.05, 3.63) is 59.2 Å². The van der Waals surface area contributed by atoms with Crippen LogP contribution in [0, 0.1) is 0 Å². The number of ether oxygens (including phenoxy) is 3. The van der Waals surface area contributed by atoms with Gasteiger partial charge in [0.1, 0.15) is 6.61 Å². The van der Waals surface area contributed by atoms with Crippen molar-refractivity contribution in [2.45, 2.75) is 32.6 Å². The fourth-order valence-electron chi connectivity index (χ4n) is 2.96. The summed E-state index contributed by atoms with van der Waals surface area (Å²) >= 11 is 0. The topological polar surface area (TPSA) is 82.1 Å². The van der Waals surface area contributed by atoms with Crippen molar-refractivity contribution in [1.82, 2.24) is 4.90 Å². The smallest absolute Gasteiger partial charge is 0.387 e. The molecule has 2 amide bonds. The van der Waals surface area contributed by atoms with Gasteiger partial charge in [-0.1, -0.05) is 18.2 Å². The molecule has 9 heteroatoms. The van der Waals surface area contributed by atoms with Gasteiger partial charge in [-0.15, -0.1) is 0 Å². The van der Waals surface area contributed by atoms with E-state index >= 15 is 0 Å². The van der Waals surface area contributed by atoms with Crippen molar-refractivity contribution in [3.63, 3.8) is 0 Å². The Hall–Kier alpha value is -3.49. The zero-order valence-electron chi connectivity index (χ0n) is 16.1. The first-order valence-electron chi connectivity index (χ1n) is 9.08. The second kappa shape index (κ2) is 9.34. The maximum atomic E-state index is 12.4. The van der Waals surface area contributed by atoms with E-state index in [9.17, 15) is 23.2 Å². The Morgan fingerprint density at radius 3 is 2.23 bits per heavy atom. The lowest BCUT2D eigenvalue weighted by Crippen LogP contribution is -2.28. The number of methoxy groups -OCH3 is 1. The van der Waals surface area contributed by atoms with Crippen LogP contribution in [-0.4, -0.2) is 36.4 Å². The van der Waals surface area contributed by atoms with Crippen LogP contribution in [0.5, 0.6) is 11.5 Å². The van der Waals surface area contributed by atoms with E-state index in [1.54, 1.807) is 24.3 Å². The van der Waals surface area contributed by atoms with Crippen LogP contribution in [0.2, 0.25) is 0 Å². The van der Waals surface area contributed by atoms with Gasteiger partial charge in [0.25, 0.3) is 0 Å². The Morgan fingerprint density at radius 2 is 1.63 bits per heavy atom. The number of carbonyl (C=O) groups excluding carboxylic acids is 3. The number of hydrogen-bond acceptors (Lipinski definition) is 6. The maximum absolute atomic E-state index is 12.4. The van der Waals surface area contributed by atoms with Gasteiger partial charge in [-0.3, -0.25) is 14.5 Å². The Bertz CT molecular complexity index is 929. The van der Waals surface area contributed by atoms with Crippen molar-refractivity contribution in [2.75, 3.05) is 7.11 Å². The second-order valence-electron chi connectivity index (χ2n) is 6.51. The van der Waals surface area contributed by atoms with Crippen LogP contribution >= 0.6 is 0 Å². The molecular formula is C21H19F2NO6. The number of hydrogen-bond donors (Lipinski definition) is 0. The molecule has 2 aromatic rings. The van der Waals surface area contributed by atoms with Gasteiger partial charge in [-0.05, 0) is 35.4 Å². The number of alkyl halides is 2. The van der Waals surface area contributed by atoms with Gasteiger partial charge in [0.15, 0.2) is 11.5 Å². The molecule has 30 heavy (non-hydrogen) atoms. The molecule has 0 spiro atoms. The zero-order valence-corrected chi connectivity index (χ0v) is 16.1. The van der Waals surface area contributed by atoms with Crippen molar-refractivity contribution < 1.29 is 37.4 Å². The lowest BCUT2D eigenvalue weighted by Gasteiger charge is -2.14. The van der Waals surface area contributed by atoms with Crippen molar-refractivity contribution in [2.24, 2.45) is 0 Å². The van der Waals surface area contributed by atoms with Crippen molar-refractivity contribution in [1.29, 1.82) is 0 Å². The van der Waals surface area contributed by atoms with Gasteiger partial charge in [0.2, 0.25) is 11.8 Å². The fourth-order valence-corrected chi connectivity index (χ4v) is 2.96. The van der Waals surface area contributed by atoms with E-state index in [0.29, 0.717) is 11.1 Å². The van der Waals surface area contributed by atoms with Crippen molar-refractivity contribution >= 4 is 17.8 Å². The minimum absolute atomic E-state index is 0.0946. The first-order valence-corrected chi connectivity index (χ1v) is 9.08. The number of likely N-dealkylation sites (tertiary alicyclic amines) is 1. The van der Waals surface area contributed by atoms with Crippen LogP contribution in [0.1, 0.15) is 34.3 Å². The highest BCUT2D eigenvalue weighted by molar-refractivity contribution is 6.01. The van der Waals surface area contributed by atoms with Gasteiger partial charge < -0.3 is 14.2 Å². The minimum Gasteiger partial charge on any atom is -0.493 e. The molecule has 1 aliphatic heterocycles. The van der Waals surface area contributed by atoms with E-state index in [0.717, 1.165) is 5.56 Å². The summed E-state index contributed by atoms with van der Waals surface area (Å²) in [6.45, 7) is -2.91. The standard InChI is InChI=1S/C21H19F2NO6/c1-28-17-10-14(4-7-16(17)30-21(22)23)12-29-20(27)15-5-2-13(3-6-15)11-24-18(25)8-9-19(24)26/h2-7,10,21H,8-9,11-12H2,1H3. The molecule has 7 nitrogen and oxygen atoms in total. The quantitative estimate of drug-likeness (QED) is 0.482. The van der Waals surface area contributed by atoms with Gasteiger partial charge >= 0.3 is 12.6 Å². The Kier molecular flexibility index (Phi) is 6.61. The maximum Gasteiger partial charge on any atom is 0.387 e. The summed E-state index contributed by atoms with van der Waals surface area (Å²) in [5, 5.41) is 0. The molecule has 3 rings (SSSR count). The third kappa shape index (κ3) is 5.11. The highest BCUT2D eigenvalue weighted by Crippen LogP contribution is 2.29. The molecule has 0 radical (unpaired) electrons. The first-order chi connectivity index (χ1) is 14.4. The van der Waals surface area contributed by atoms with Crippen LogP contribution in [0.15, 0.2) is 42.5 Å². The summed E-state index contributed by atoms with van der Waals surface area (Å²) in [5.74, 6) is -1.01. The average molecular weight is 419 g/mol. The van der Waals surface area contributed by atoms with E-state index < -0.39 is 12.6 Å². The molecule has 1 saturated heterocycles. The van der Waals surface area contributed by atoms with E-state index in [1.807, 2.05) is 0 Å². The number of rotatable bonds is 8. The summed E-state index contributed by atoms with van der Waals surface area (Å²) in [6.07, 6.45) is 0.451. The predicted molar refractivity (Wildman–Crippen MR) is 100.0 cm³/mol. The molecule has 1 aliphatic rings. The third-order valence-corrected chi connectivity index (χ3v) is 4.50. The number of esters is 1. The minimum atomic E-state index is -2.98. The third-order valence-electron chi connectivity index (χ3n) is 4.50. The molecule has 1 heterocycles. The summed E-state index contributed by atoms with van der Waals surface area (Å²) in [7, 11) is 1.31. The number of carbonyl (C=O) groups is 3. The lowest BCUT2D eigenvalue weighted by atomic mass is 10.1. The van der Waals surface area contributed by atoms with Crippen LogP contribution in [0.4, 0.5) is 8.78 Å². The summed E-state index contributed by atoms with van der Waals surface area (Å²) < 4.78 is 39.3. The normalized spacial score (nSPS) is 13.7. The fraction of sp³-hybridized carbons (Fsp3) is 0.286. The molecule has 0 N–H and O–H groups in total. The largest absolute Gasteiger partial charge is 0.493 e. The van der Waals surface area contributed by atoms with Crippen LogP contribution < -0.4 is 9.47 Å². The number of amides is 2. The van der Waals surface area contributed by atoms with Crippen LogP contribution in [-0.2, 0) is 27.5 Å². The highest BCUT2D eigenvalue weighted by atomic mass is 19.3. The number of benzene rings is 2. The number of nitrogens with zero attached hydrogens (tertiary/aromatic N) is 1. The summed E-state index contributed by atoms with van der Waals surface area (Å²) in [6, 6.07) is 10.6. The molecule has 0 atom stereocenters. The average Bonchev–Trinajstić information content (AvgIpc) is 3.05. The van der Waals surface area contributed by atoms with Crippen LogP contribution in [0.25, 0.3) is 0 Å². The van der Waals surface area contributed by atoms with Gasteiger partial charge in [0, 0.05) is 12.8 Å². The molecule has 0 bridgehead atoms. The number of halogens is 2. The van der Waals surface area contributed by atoms with Crippen LogP contribution in [0.3, 0.4) is 0 Å². The molecule has 0 aliphatic carbocycles.